The zero-order valence-corrected chi connectivity index (χ0v) is 11.9. The van der Waals surface area contributed by atoms with Crippen LogP contribution in [-0.4, -0.2) is 37.3 Å². The zero-order chi connectivity index (χ0) is 14.6. The van der Waals surface area contributed by atoms with Gasteiger partial charge in [0.25, 0.3) is 10.0 Å². The summed E-state index contributed by atoms with van der Waals surface area (Å²) in [5.74, 6) is -0.748. The molecule has 8 nitrogen and oxygen atoms in total. The highest BCUT2D eigenvalue weighted by Crippen LogP contribution is 2.21. The normalized spacial score (nSPS) is 16.4. The average molecular weight is 303 g/mol. The van der Waals surface area contributed by atoms with Gasteiger partial charge in [-0.05, 0) is 19.8 Å². The molecule has 20 heavy (non-hydrogen) atoms. The van der Waals surface area contributed by atoms with Crippen LogP contribution >= 0.6 is 0 Å². The van der Waals surface area contributed by atoms with E-state index in [-0.39, 0.29) is 23.3 Å². The second-order valence-corrected chi connectivity index (χ2v) is 6.03. The standard InChI is InChI=1S/C11H17N3O5S/c1-2-18-11(15)9-7-12-13-10(9)20(16,17)14-19-8-5-3-4-6-8/h7-8,14H,2-6H2,1H3,(H,12,13). The van der Waals surface area contributed by atoms with Gasteiger partial charge in [0.1, 0.15) is 5.56 Å². The van der Waals surface area contributed by atoms with E-state index >= 15 is 0 Å². The van der Waals surface area contributed by atoms with Crippen LogP contribution in [-0.2, 0) is 19.6 Å². The Kier molecular flexibility index (Phi) is 4.73. The number of rotatable bonds is 6. The highest BCUT2D eigenvalue weighted by atomic mass is 32.2. The molecule has 0 atom stereocenters. The molecule has 1 aliphatic rings. The molecule has 0 radical (unpaired) electrons. The summed E-state index contributed by atoms with van der Waals surface area (Å²) in [4.78, 5) is 18.8. The van der Waals surface area contributed by atoms with E-state index in [1.165, 1.54) is 0 Å². The van der Waals surface area contributed by atoms with E-state index in [9.17, 15) is 13.2 Å². The lowest BCUT2D eigenvalue weighted by atomic mass is 10.3. The molecule has 2 rings (SSSR count). The number of nitrogens with zero attached hydrogens (tertiary/aromatic N) is 1. The maximum atomic E-state index is 12.1. The Bertz CT molecular complexity index is 562. The van der Waals surface area contributed by atoms with Gasteiger partial charge in [-0.15, -0.1) is 0 Å². The van der Waals surface area contributed by atoms with Crippen molar-refractivity contribution >= 4 is 16.0 Å². The molecular weight excluding hydrogens is 286 g/mol. The number of sulfonamides is 1. The highest BCUT2D eigenvalue weighted by molar-refractivity contribution is 7.89. The summed E-state index contributed by atoms with van der Waals surface area (Å²) >= 11 is 0. The Labute approximate surface area is 116 Å². The molecule has 0 saturated heterocycles. The van der Waals surface area contributed by atoms with Gasteiger partial charge in [0, 0.05) is 0 Å². The first-order valence-corrected chi connectivity index (χ1v) is 7.91. The number of carbonyl (C=O) groups is 1. The van der Waals surface area contributed by atoms with Crippen LogP contribution < -0.4 is 4.89 Å². The van der Waals surface area contributed by atoms with Crippen LogP contribution in [0.15, 0.2) is 11.2 Å². The molecule has 1 saturated carbocycles. The minimum Gasteiger partial charge on any atom is -0.462 e. The molecule has 112 valence electrons. The predicted molar refractivity (Wildman–Crippen MR) is 68.2 cm³/mol. The molecule has 2 N–H and O–H groups in total. The Morgan fingerprint density at radius 1 is 1.50 bits per heavy atom. The monoisotopic (exact) mass is 303 g/mol. The van der Waals surface area contributed by atoms with Gasteiger partial charge in [0.05, 0.1) is 18.9 Å². The van der Waals surface area contributed by atoms with Crippen LogP contribution in [0.3, 0.4) is 0 Å². The maximum Gasteiger partial charge on any atom is 0.342 e. The van der Waals surface area contributed by atoms with Crippen molar-refractivity contribution in [1.29, 1.82) is 0 Å². The largest absolute Gasteiger partial charge is 0.462 e. The molecule has 0 spiro atoms. The number of esters is 1. The SMILES string of the molecule is CCOC(=O)c1cn[nH]c1S(=O)(=O)NOC1CCCC1. The maximum absolute atomic E-state index is 12.1. The van der Waals surface area contributed by atoms with Crippen molar-refractivity contribution in [2.24, 2.45) is 0 Å². The molecule has 1 aromatic heterocycles. The molecule has 9 heteroatoms. The lowest BCUT2D eigenvalue weighted by molar-refractivity contribution is 0.0221. The number of nitrogens with one attached hydrogen (secondary N) is 2. The quantitative estimate of drug-likeness (QED) is 0.592. The second kappa shape index (κ2) is 6.33. The van der Waals surface area contributed by atoms with Gasteiger partial charge < -0.3 is 4.74 Å². The third kappa shape index (κ3) is 3.35. The number of H-pyrrole nitrogens is 1. The Hall–Kier alpha value is -1.45. The van der Waals surface area contributed by atoms with Gasteiger partial charge in [-0.25, -0.2) is 13.2 Å². The van der Waals surface area contributed by atoms with Gasteiger partial charge in [0.2, 0.25) is 0 Å². The molecule has 1 aromatic rings. The van der Waals surface area contributed by atoms with E-state index in [1.807, 2.05) is 4.89 Å². The fraction of sp³-hybridized carbons (Fsp3) is 0.636. The molecular formula is C11H17N3O5S. The topological polar surface area (TPSA) is 110 Å². The molecule has 0 amide bonds. The Morgan fingerprint density at radius 3 is 2.85 bits per heavy atom. The number of ether oxygens (including phenoxy) is 1. The third-order valence-corrected chi connectivity index (χ3v) is 4.16. The van der Waals surface area contributed by atoms with Crippen molar-refractivity contribution in [3.63, 3.8) is 0 Å². The summed E-state index contributed by atoms with van der Waals surface area (Å²) in [6.45, 7) is 1.78. The van der Waals surface area contributed by atoms with Crippen molar-refractivity contribution in [2.75, 3.05) is 6.61 Å². The number of carbonyl (C=O) groups excluding carboxylic acids is 1. The average Bonchev–Trinajstić information content (AvgIpc) is 3.08. The minimum absolute atomic E-state index is 0.126. The van der Waals surface area contributed by atoms with Crippen LogP contribution in [0.4, 0.5) is 0 Å². The fourth-order valence-corrected chi connectivity index (χ4v) is 2.96. The van der Waals surface area contributed by atoms with Crippen molar-refractivity contribution in [2.45, 2.75) is 43.7 Å². The van der Waals surface area contributed by atoms with Crippen LogP contribution in [0.1, 0.15) is 43.0 Å². The second-order valence-electron chi connectivity index (χ2n) is 4.44. The molecule has 1 aliphatic carbocycles. The van der Waals surface area contributed by atoms with Gasteiger partial charge in [-0.2, -0.15) is 5.10 Å². The smallest absolute Gasteiger partial charge is 0.342 e. The first-order valence-electron chi connectivity index (χ1n) is 6.42. The molecule has 1 fully saturated rings. The molecule has 0 aromatic carbocycles. The van der Waals surface area contributed by atoms with Crippen molar-refractivity contribution in [1.82, 2.24) is 15.1 Å². The van der Waals surface area contributed by atoms with Crippen molar-refractivity contribution in [3.8, 4) is 0 Å². The zero-order valence-electron chi connectivity index (χ0n) is 11.1. The summed E-state index contributed by atoms with van der Waals surface area (Å²) in [6, 6.07) is 0. The summed E-state index contributed by atoms with van der Waals surface area (Å²) in [6.07, 6.45) is 4.66. The Morgan fingerprint density at radius 2 is 2.20 bits per heavy atom. The Balaban J connectivity index is 2.09. The predicted octanol–water partition coefficient (Wildman–Crippen LogP) is 0.739. The van der Waals surface area contributed by atoms with E-state index in [1.54, 1.807) is 6.92 Å². The first-order chi connectivity index (χ1) is 9.54. The fourth-order valence-electron chi connectivity index (χ4n) is 2.01. The first kappa shape index (κ1) is 14.9. The molecule has 1 heterocycles. The van der Waals surface area contributed by atoms with Crippen LogP contribution in [0.25, 0.3) is 0 Å². The summed E-state index contributed by atoms with van der Waals surface area (Å²) < 4.78 is 28.9. The third-order valence-electron chi connectivity index (χ3n) is 3.00. The molecule has 0 unspecified atom stereocenters. The van der Waals surface area contributed by atoms with Crippen LogP contribution in [0, 0.1) is 0 Å². The number of hydrogen-bond donors (Lipinski definition) is 2. The highest BCUT2D eigenvalue weighted by Gasteiger charge is 2.27. The van der Waals surface area contributed by atoms with E-state index in [4.69, 9.17) is 9.57 Å². The lowest BCUT2D eigenvalue weighted by Crippen LogP contribution is -2.30. The van der Waals surface area contributed by atoms with E-state index in [0.717, 1.165) is 31.9 Å². The summed E-state index contributed by atoms with van der Waals surface area (Å²) in [5.41, 5.74) is -0.144. The van der Waals surface area contributed by atoms with Crippen LogP contribution in [0.5, 0.6) is 0 Å². The summed E-state index contributed by atoms with van der Waals surface area (Å²) in [7, 11) is -3.99. The number of aromatic nitrogens is 2. The van der Waals surface area contributed by atoms with E-state index in [2.05, 4.69) is 10.2 Å². The van der Waals surface area contributed by atoms with Gasteiger partial charge in [-0.3, -0.25) is 9.94 Å². The molecule has 0 aliphatic heterocycles. The van der Waals surface area contributed by atoms with E-state index < -0.39 is 16.0 Å². The van der Waals surface area contributed by atoms with E-state index in [0.29, 0.717) is 0 Å². The lowest BCUT2D eigenvalue weighted by Gasteiger charge is -2.11. The van der Waals surface area contributed by atoms with Crippen molar-refractivity contribution < 1.29 is 22.8 Å². The van der Waals surface area contributed by atoms with Gasteiger partial charge >= 0.3 is 5.97 Å². The van der Waals surface area contributed by atoms with Gasteiger partial charge in [0.15, 0.2) is 5.03 Å². The summed E-state index contributed by atoms with van der Waals surface area (Å²) in [5, 5.41) is 5.50. The number of hydrogen-bond acceptors (Lipinski definition) is 6. The number of aromatic amines is 1. The minimum atomic E-state index is -3.99. The van der Waals surface area contributed by atoms with Gasteiger partial charge in [-0.1, -0.05) is 17.7 Å². The molecule has 0 bridgehead atoms. The van der Waals surface area contributed by atoms with Crippen LogP contribution in [0.2, 0.25) is 0 Å². The van der Waals surface area contributed by atoms with Crippen molar-refractivity contribution in [3.05, 3.63) is 11.8 Å².